The number of ether oxygens (including phenoxy) is 1. The number of hydrogen-bond acceptors (Lipinski definition) is 4. The molecule has 0 radical (unpaired) electrons. The van der Waals surface area contributed by atoms with Crippen molar-refractivity contribution < 1.29 is 19.1 Å². The van der Waals surface area contributed by atoms with Crippen LogP contribution in [0.1, 0.15) is 56.9 Å². The molecule has 1 saturated carbocycles. The predicted molar refractivity (Wildman–Crippen MR) is 110 cm³/mol. The first kappa shape index (κ1) is 20.8. The summed E-state index contributed by atoms with van der Waals surface area (Å²) in [7, 11) is 4.74. The molecular weight excluding hydrogens is 368 g/mol. The van der Waals surface area contributed by atoms with E-state index >= 15 is 0 Å². The minimum atomic E-state index is -0.621. The van der Waals surface area contributed by atoms with Crippen molar-refractivity contribution >= 4 is 17.7 Å². The number of nitrogens with zero attached hydrogens (tertiary/aromatic N) is 2. The average Bonchev–Trinajstić information content (AvgIpc) is 3.49. The molecule has 1 aromatic carbocycles. The lowest BCUT2D eigenvalue weighted by atomic mass is 9.99. The van der Waals surface area contributed by atoms with E-state index < -0.39 is 12.0 Å². The first-order chi connectivity index (χ1) is 13.7. The van der Waals surface area contributed by atoms with Crippen LogP contribution >= 0.6 is 0 Å². The number of methoxy groups -OCH3 is 1. The Labute approximate surface area is 171 Å². The molecule has 29 heavy (non-hydrogen) atoms. The van der Waals surface area contributed by atoms with Crippen molar-refractivity contribution in [2.75, 3.05) is 14.2 Å². The predicted octanol–water partition coefficient (Wildman–Crippen LogP) is 3.26. The highest BCUT2D eigenvalue weighted by atomic mass is 16.5. The van der Waals surface area contributed by atoms with Gasteiger partial charge in [-0.05, 0) is 44.2 Å². The van der Waals surface area contributed by atoms with Gasteiger partial charge in [0.15, 0.2) is 5.78 Å². The van der Waals surface area contributed by atoms with Gasteiger partial charge in [-0.1, -0.05) is 30.3 Å². The van der Waals surface area contributed by atoms with Crippen molar-refractivity contribution in [3.63, 3.8) is 0 Å². The summed E-state index contributed by atoms with van der Waals surface area (Å²) < 4.78 is 6.53. The lowest BCUT2D eigenvalue weighted by Gasteiger charge is -2.24. The molecule has 0 unspecified atom stereocenters. The van der Waals surface area contributed by atoms with E-state index in [1.807, 2.05) is 30.3 Å². The van der Waals surface area contributed by atoms with Gasteiger partial charge >= 0.3 is 5.97 Å². The minimum absolute atomic E-state index is 0.0147. The SMILES string of the molecule is COC(=O)c1c(C)c(C(=O)[C@H](C)N(C)C(=O)[C@H]2C[C@H]2c2ccccc2)c(C)n1C. The number of aromatic nitrogens is 1. The summed E-state index contributed by atoms with van der Waals surface area (Å²) in [4.78, 5) is 39.8. The molecule has 1 fully saturated rings. The zero-order valence-electron chi connectivity index (χ0n) is 17.9. The number of esters is 1. The van der Waals surface area contributed by atoms with Crippen LogP contribution in [0.3, 0.4) is 0 Å². The zero-order valence-corrected chi connectivity index (χ0v) is 17.9. The van der Waals surface area contributed by atoms with Gasteiger partial charge in [-0.2, -0.15) is 0 Å². The van der Waals surface area contributed by atoms with Gasteiger partial charge in [0.25, 0.3) is 0 Å². The Bertz CT molecular complexity index is 961. The number of carbonyl (C=O) groups is 3. The summed E-state index contributed by atoms with van der Waals surface area (Å²) in [5, 5.41) is 0. The highest BCUT2D eigenvalue weighted by molar-refractivity contribution is 6.06. The molecule has 3 rings (SSSR count). The van der Waals surface area contributed by atoms with E-state index in [1.165, 1.54) is 7.11 Å². The molecule has 2 aromatic rings. The molecule has 0 aliphatic heterocycles. The molecule has 1 heterocycles. The normalized spacial score (nSPS) is 18.8. The first-order valence-corrected chi connectivity index (χ1v) is 9.80. The molecule has 1 aliphatic carbocycles. The fraction of sp³-hybridized carbons (Fsp3) is 0.435. The molecule has 1 amide bonds. The van der Waals surface area contributed by atoms with Crippen LogP contribution in [0.25, 0.3) is 0 Å². The van der Waals surface area contributed by atoms with Crippen molar-refractivity contribution in [1.82, 2.24) is 9.47 Å². The van der Waals surface area contributed by atoms with Crippen LogP contribution in [0.15, 0.2) is 30.3 Å². The van der Waals surface area contributed by atoms with Crippen molar-refractivity contribution in [2.45, 2.75) is 39.2 Å². The Hall–Kier alpha value is -2.89. The number of carbonyl (C=O) groups excluding carboxylic acids is 3. The number of Topliss-reactive ketones (excluding diaryl/α,β-unsaturated/α-hetero) is 1. The van der Waals surface area contributed by atoms with Gasteiger partial charge < -0.3 is 14.2 Å². The molecular formula is C23H28N2O4. The molecule has 6 nitrogen and oxygen atoms in total. The van der Waals surface area contributed by atoms with E-state index in [1.54, 1.807) is 44.3 Å². The lowest BCUT2D eigenvalue weighted by molar-refractivity contribution is -0.132. The number of rotatable bonds is 6. The molecule has 0 bridgehead atoms. The number of amides is 1. The fourth-order valence-electron chi connectivity index (χ4n) is 4.10. The van der Waals surface area contributed by atoms with E-state index in [2.05, 4.69) is 0 Å². The van der Waals surface area contributed by atoms with Crippen LogP contribution in [0.2, 0.25) is 0 Å². The Morgan fingerprint density at radius 2 is 1.79 bits per heavy atom. The second-order valence-corrected chi connectivity index (χ2v) is 7.83. The molecule has 6 heteroatoms. The maximum Gasteiger partial charge on any atom is 0.354 e. The lowest BCUT2D eigenvalue weighted by Crippen LogP contribution is -2.41. The molecule has 3 atom stereocenters. The van der Waals surface area contributed by atoms with Crippen LogP contribution in [-0.2, 0) is 16.6 Å². The third kappa shape index (κ3) is 3.59. The zero-order chi connectivity index (χ0) is 21.5. The maximum atomic E-state index is 13.2. The van der Waals surface area contributed by atoms with Gasteiger partial charge in [-0.3, -0.25) is 9.59 Å². The summed E-state index contributed by atoms with van der Waals surface area (Å²) in [5.41, 5.74) is 3.28. The van der Waals surface area contributed by atoms with Crippen LogP contribution < -0.4 is 0 Å². The van der Waals surface area contributed by atoms with Crippen LogP contribution in [0.5, 0.6) is 0 Å². The molecule has 1 aliphatic rings. The second kappa shape index (κ2) is 7.85. The number of hydrogen-bond donors (Lipinski definition) is 0. The number of benzene rings is 1. The van der Waals surface area contributed by atoms with Gasteiger partial charge in [0.2, 0.25) is 5.91 Å². The first-order valence-electron chi connectivity index (χ1n) is 9.80. The smallest absolute Gasteiger partial charge is 0.354 e. The van der Waals surface area contributed by atoms with Gasteiger partial charge in [0, 0.05) is 31.3 Å². The number of ketones is 1. The van der Waals surface area contributed by atoms with Gasteiger partial charge in [0.05, 0.1) is 13.2 Å². The largest absolute Gasteiger partial charge is 0.464 e. The third-order valence-electron chi connectivity index (χ3n) is 6.20. The van der Waals surface area contributed by atoms with Crippen molar-refractivity contribution in [3.05, 3.63) is 58.4 Å². The molecule has 154 valence electrons. The molecule has 0 saturated heterocycles. The van der Waals surface area contributed by atoms with E-state index in [0.717, 1.165) is 12.0 Å². The molecule has 0 N–H and O–H groups in total. The Kier molecular flexibility index (Phi) is 5.64. The van der Waals surface area contributed by atoms with Crippen molar-refractivity contribution in [1.29, 1.82) is 0 Å². The standard InChI is InChI=1S/C23H28N2O4/c1-13-19(14(2)24(4)20(13)23(28)29-6)21(26)15(3)25(5)22(27)18-12-17(18)16-10-8-7-9-11-16/h7-11,15,17-18H,12H2,1-6H3/t15-,17-,18-/m0/s1. The van der Waals surface area contributed by atoms with Crippen LogP contribution in [0.4, 0.5) is 0 Å². The highest BCUT2D eigenvalue weighted by Gasteiger charge is 2.46. The summed E-state index contributed by atoms with van der Waals surface area (Å²) in [6.45, 7) is 5.28. The Morgan fingerprint density at radius 1 is 1.17 bits per heavy atom. The summed E-state index contributed by atoms with van der Waals surface area (Å²) in [5.74, 6) is -0.522. The van der Waals surface area contributed by atoms with E-state index in [9.17, 15) is 14.4 Å². The summed E-state index contributed by atoms with van der Waals surface area (Å²) in [6, 6.07) is 9.37. The average molecular weight is 396 g/mol. The van der Waals surface area contributed by atoms with Gasteiger partial charge in [0.1, 0.15) is 5.69 Å². The maximum absolute atomic E-state index is 13.2. The topological polar surface area (TPSA) is 68.6 Å². The monoisotopic (exact) mass is 396 g/mol. The third-order valence-corrected chi connectivity index (χ3v) is 6.20. The van der Waals surface area contributed by atoms with Crippen LogP contribution in [-0.4, -0.2) is 47.3 Å². The van der Waals surface area contributed by atoms with Gasteiger partial charge in [-0.25, -0.2) is 4.79 Å². The molecule has 0 spiro atoms. The molecule has 1 aromatic heterocycles. The summed E-state index contributed by atoms with van der Waals surface area (Å²) in [6.07, 6.45) is 0.810. The van der Waals surface area contributed by atoms with Crippen molar-refractivity contribution in [2.24, 2.45) is 13.0 Å². The van der Waals surface area contributed by atoms with Crippen LogP contribution in [0, 0.1) is 19.8 Å². The Morgan fingerprint density at radius 3 is 2.38 bits per heavy atom. The Balaban J connectivity index is 1.79. The van der Waals surface area contributed by atoms with E-state index in [4.69, 9.17) is 4.74 Å². The second-order valence-electron chi connectivity index (χ2n) is 7.83. The highest BCUT2D eigenvalue weighted by Crippen LogP contribution is 2.48. The van der Waals surface area contributed by atoms with E-state index in [0.29, 0.717) is 22.5 Å². The number of likely N-dealkylation sites (N-methyl/N-ethyl adjacent to an activating group) is 1. The quantitative estimate of drug-likeness (QED) is 0.555. The van der Waals surface area contributed by atoms with Crippen molar-refractivity contribution in [3.8, 4) is 0 Å². The minimum Gasteiger partial charge on any atom is -0.464 e. The van der Waals surface area contributed by atoms with Gasteiger partial charge in [-0.15, -0.1) is 0 Å². The summed E-state index contributed by atoms with van der Waals surface area (Å²) >= 11 is 0. The van der Waals surface area contributed by atoms with E-state index in [-0.39, 0.29) is 23.5 Å². The fourth-order valence-corrected chi connectivity index (χ4v) is 4.10.